The maximum Gasteiger partial charge on any atom is 0.329 e. The number of rotatable bonds is 4. The fourth-order valence-corrected chi connectivity index (χ4v) is 2.76. The van der Waals surface area contributed by atoms with Gasteiger partial charge in [-0.3, -0.25) is 14.3 Å². The quantitative estimate of drug-likeness (QED) is 0.680. The van der Waals surface area contributed by atoms with E-state index in [1.54, 1.807) is 11.6 Å². The molecule has 1 unspecified atom stereocenters. The van der Waals surface area contributed by atoms with Crippen LogP contribution in [-0.4, -0.2) is 62.5 Å². The zero-order valence-corrected chi connectivity index (χ0v) is 13.4. The third-order valence-corrected chi connectivity index (χ3v) is 4.21. The van der Waals surface area contributed by atoms with E-state index in [0.717, 1.165) is 0 Å². The Labute approximate surface area is 136 Å². The zero-order chi connectivity index (χ0) is 16.6. The topological polar surface area (TPSA) is 105 Å². The maximum atomic E-state index is 12.3. The molecule has 126 valence electrons. The van der Waals surface area contributed by atoms with Crippen LogP contribution < -0.4 is 16.1 Å². The second-order valence-corrected chi connectivity index (χ2v) is 5.73. The van der Waals surface area contributed by atoms with E-state index in [1.165, 1.54) is 4.57 Å². The standard InChI is InChI=1S/C13H18ClN5O4/c1-17-10-9(11(21)16-13(17)22)19(7-8(20)6-14)12(15-10)18-2-4-23-5-3-18/h8,20H,2-7H2,1H3,(H,16,21,22). The molecule has 0 aliphatic carbocycles. The molecule has 0 spiro atoms. The Morgan fingerprint density at radius 2 is 2.09 bits per heavy atom. The minimum absolute atomic E-state index is 0.0336. The molecule has 2 aromatic heterocycles. The minimum atomic E-state index is -0.828. The van der Waals surface area contributed by atoms with Crippen molar-refractivity contribution in [2.24, 2.45) is 7.05 Å². The number of alkyl halides is 1. The van der Waals surface area contributed by atoms with Gasteiger partial charge in [0.25, 0.3) is 5.56 Å². The summed E-state index contributed by atoms with van der Waals surface area (Å²) in [5, 5.41) is 9.92. The van der Waals surface area contributed by atoms with Crippen molar-refractivity contribution in [2.45, 2.75) is 12.6 Å². The predicted molar refractivity (Wildman–Crippen MR) is 85.4 cm³/mol. The Bertz CT molecular complexity index is 820. The molecule has 3 heterocycles. The Kier molecular flexibility index (Phi) is 4.42. The fraction of sp³-hybridized carbons (Fsp3) is 0.615. The van der Waals surface area contributed by atoms with Gasteiger partial charge >= 0.3 is 5.69 Å². The van der Waals surface area contributed by atoms with Crippen molar-refractivity contribution >= 4 is 28.7 Å². The van der Waals surface area contributed by atoms with Crippen LogP contribution in [-0.2, 0) is 18.3 Å². The van der Waals surface area contributed by atoms with E-state index in [1.807, 2.05) is 4.90 Å². The molecule has 1 aliphatic rings. The third-order valence-electron chi connectivity index (χ3n) is 3.85. The van der Waals surface area contributed by atoms with Gasteiger partial charge in [-0.15, -0.1) is 11.6 Å². The van der Waals surface area contributed by atoms with Crippen LogP contribution in [0.25, 0.3) is 11.2 Å². The SMILES string of the molecule is Cn1c(=O)[nH]c(=O)c2c1nc(N1CCOCC1)n2CC(O)CCl. The first-order valence-corrected chi connectivity index (χ1v) is 7.82. The molecule has 1 fully saturated rings. The van der Waals surface area contributed by atoms with Crippen LogP contribution >= 0.6 is 11.6 Å². The average Bonchev–Trinajstić information content (AvgIpc) is 2.93. The van der Waals surface area contributed by atoms with E-state index in [2.05, 4.69) is 9.97 Å². The van der Waals surface area contributed by atoms with Crippen molar-refractivity contribution in [3.05, 3.63) is 20.8 Å². The summed E-state index contributed by atoms with van der Waals surface area (Å²) < 4.78 is 8.23. The second-order valence-electron chi connectivity index (χ2n) is 5.42. The molecule has 0 radical (unpaired) electrons. The van der Waals surface area contributed by atoms with Crippen LogP contribution in [0, 0.1) is 0 Å². The number of aromatic amines is 1. The van der Waals surface area contributed by atoms with Crippen molar-refractivity contribution in [1.82, 2.24) is 19.1 Å². The maximum absolute atomic E-state index is 12.3. The number of aliphatic hydroxyl groups excluding tert-OH is 1. The number of halogens is 1. The summed E-state index contributed by atoms with van der Waals surface area (Å²) in [7, 11) is 1.54. The molecule has 0 amide bonds. The molecule has 23 heavy (non-hydrogen) atoms. The molecule has 0 saturated carbocycles. The number of aliphatic hydroxyl groups is 1. The van der Waals surface area contributed by atoms with Gasteiger partial charge < -0.3 is 19.3 Å². The van der Waals surface area contributed by atoms with Gasteiger partial charge in [0.15, 0.2) is 11.2 Å². The highest BCUT2D eigenvalue weighted by atomic mass is 35.5. The van der Waals surface area contributed by atoms with Crippen LogP contribution in [0.4, 0.5) is 5.95 Å². The number of morpholine rings is 1. The van der Waals surface area contributed by atoms with Gasteiger partial charge in [0.1, 0.15) is 0 Å². The number of nitrogens with zero attached hydrogens (tertiary/aromatic N) is 4. The predicted octanol–water partition coefficient (Wildman–Crippen LogP) is -1.14. The zero-order valence-electron chi connectivity index (χ0n) is 12.7. The molecule has 3 rings (SSSR count). The Hall–Kier alpha value is -1.84. The van der Waals surface area contributed by atoms with Gasteiger partial charge in [0, 0.05) is 20.1 Å². The number of H-pyrrole nitrogens is 1. The van der Waals surface area contributed by atoms with Crippen molar-refractivity contribution in [3.8, 4) is 0 Å². The summed E-state index contributed by atoms with van der Waals surface area (Å²) in [5.41, 5.74) is -0.532. The van der Waals surface area contributed by atoms with Gasteiger partial charge in [-0.05, 0) is 0 Å². The highest BCUT2D eigenvalue weighted by molar-refractivity contribution is 6.18. The van der Waals surface area contributed by atoms with Gasteiger partial charge in [-0.2, -0.15) is 4.98 Å². The number of hydrogen-bond acceptors (Lipinski definition) is 6. The second kappa shape index (κ2) is 6.34. The summed E-state index contributed by atoms with van der Waals surface area (Å²) in [6.07, 6.45) is -0.828. The Morgan fingerprint density at radius 1 is 1.39 bits per heavy atom. The fourth-order valence-electron chi connectivity index (χ4n) is 2.66. The molecular formula is C13H18ClN5O4. The van der Waals surface area contributed by atoms with Crippen molar-refractivity contribution in [2.75, 3.05) is 37.1 Å². The lowest BCUT2D eigenvalue weighted by molar-refractivity contribution is 0.121. The number of ether oxygens (including phenoxy) is 1. The smallest absolute Gasteiger partial charge is 0.329 e. The first-order valence-electron chi connectivity index (χ1n) is 7.29. The molecule has 1 aliphatic heterocycles. The van der Waals surface area contributed by atoms with Gasteiger partial charge in [-0.1, -0.05) is 0 Å². The highest BCUT2D eigenvalue weighted by Crippen LogP contribution is 2.21. The van der Waals surface area contributed by atoms with Crippen LogP contribution in [0.5, 0.6) is 0 Å². The van der Waals surface area contributed by atoms with Crippen LogP contribution in [0.1, 0.15) is 0 Å². The first-order chi connectivity index (χ1) is 11.0. The van der Waals surface area contributed by atoms with E-state index in [4.69, 9.17) is 16.3 Å². The largest absolute Gasteiger partial charge is 0.390 e. The summed E-state index contributed by atoms with van der Waals surface area (Å²) in [6, 6.07) is 0. The third kappa shape index (κ3) is 2.87. The normalized spacial score (nSPS) is 16.9. The van der Waals surface area contributed by atoms with E-state index in [0.29, 0.717) is 32.3 Å². The van der Waals surface area contributed by atoms with Crippen LogP contribution in [0.15, 0.2) is 9.59 Å². The van der Waals surface area contributed by atoms with E-state index in [-0.39, 0.29) is 23.6 Å². The molecule has 1 saturated heterocycles. The molecule has 10 heteroatoms. The molecular weight excluding hydrogens is 326 g/mol. The highest BCUT2D eigenvalue weighted by Gasteiger charge is 2.24. The first kappa shape index (κ1) is 16.0. The summed E-state index contributed by atoms with van der Waals surface area (Å²) in [6.45, 7) is 2.46. The lowest BCUT2D eigenvalue weighted by atomic mass is 10.4. The van der Waals surface area contributed by atoms with Gasteiger partial charge in [-0.25, -0.2) is 4.79 Å². The summed E-state index contributed by atoms with van der Waals surface area (Å²) in [4.78, 5) is 32.7. The van der Waals surface area contributed by atoms with Gasteiger partial charge in [0.2, 0.25) is 5.95 Å². The van der Waals surface area contributed by atoms with Crippen LogP contribution in [0.3, 0.4) is 0 Å². The van der Waals surface area contributed by atoms with E-state index < -0.39 is 17.4 Å². The summed E-state index contributed by atoms with van der Waals surface area (Å²) in [5.74, 6) is 0.561. The number of imidazole rings is 1. The molecule has 0 bridgehead atoms. The van der Waals surface area contributed by atoms with Crippen molar-refractivity contribution < 1.29 is 9.84 Å². The van der Waals surface area contributed by atoms with Crippen molar-refractivity contribution in [3.63, 3.8) is 0 Å². The Morgan fingerprint density at radius 3 is 2.74 bits per heavy atom. The molecule has 1 atom stereocenters. The number of nitrogens with one attached hydrogen (secondary N) is 1. The van der Waals surface area contributed by atoms with E-state index in [9.17, 15) is 14.7 Å². The Balaban J connectivity index is 2.22. The number of fused-ring (bicyclic) bond motifs is 1. The molecule has 2 aromatic rings. The number of anilines is 1. The van der Waals surface area contributed by atoms with E-state index >= 15 is 0 Å². The molecule has 0 aromatic carbocycles. The number of aromatic nitrogens is 4. The monoisotopic (exact) mass is 343 g/mol. The molecule has 9 nitrogen and oxygen atoms in total. The molecule has 2 N–H and O–H groups in total. The lowest BCUT2D eigenvalue weighted by Crippen LogP contribution is -2.38. The minimum Gasteiger partial charge on any atom is -0.390 e. The van der Waals surface area contributed by atoms with Gasteiger partial charge in [0.05, 0.1) is 31.7 Å². The number of aryl methyl sites for hydroxylation is 1. The average molecular weight is 344 g/mol. The van der Waals surface area contributed by atoms with Crippen LogP contribution in [0.2, 0.25) is 0 Å². The summed E-state index contributed by atoms with van der Waals surface area (Å²) >= 11 is 5.70. The van der Waals surface area contributed by atoms with Crippen molar-refractivity contribution in [1.29, 1.82) is 0 Å². The lowest BCUT2D eigenvalue weighted by Gasteiger charge is -2.28. The number of hydrogen-bond donors (Lipinski definition) is 2.